The third-order valence-corrected chi connectivity index (χ3v) is 11.1. The van der Waals surface area contributed by atoms with Gasteiger partial charge in [-0.2, -0.15) is 0 Å². The summed E-state index contributed by atoms with van der Waals surface area (Å²) in [5.74, 6) is 3.96. The van der Waals surface area contributed by atoms with Crippen molar-refractivity contribution in [3.8, 4) is 0 Å². The van der Waals surface area contributed by atoms with Gasteiger partial charge in [0.05, 0.1) is 6.10 Å². The Bertz CT molecular complexity index is 728. The number of Topliss-reactive ketones (excluding diaryl/α,β-unsaturated/α-hetero) is 1. The highest BCUT2D eigenvalue weighted by molar-refractivity contribution is 5.89. The monoisotopic (exact) mass is 430 g/mol. The number of fused-ring (bicyclic) bond motifs is 5. The molecule has 4 aliphatic rings. The van der Waals surface area contributed by atoms with Crippen LogP contribution in [0, 0.1) is 52.3 Å². The van der Waals surface area contributed by atoms with Crippen molar-refractivity contribution in [2.45, 2.75) is 105 Å². The lowest BCUT2D eigenvalue weighted by molar-refractivity contribution is -0.213. The predicted molar refractivity (Wildman–Crippen MR) is 125 cm³/mol. The van der Waals surface area contributed by atoms with E-state index < -0.39 is 11.7 Å². The third-order valence-electron chi connectivity index (χ3n) is 11.1. The van der Waals surface area contributed by atoms with Crippen LogP contribution in [0.5, 0.6) is 0 Å². The first-order valence-electron chi connectivity index (χ1n) is 13.1. The quantitative estimate of drug-likeness (QED) is 0.556. The molecule has 4 fully saturated rings. The molecular formula is C28H46O3. The Labute approximate surface area is 190 Å². The molecule has 4 aliphatic carbocycles. The van der Waals surface area contributed by atoms with E-state index in [0.29, 0.717) is 53.3 Å². The van der Waals surface area contributed by atoms with Crippen LogP contribution in [-0.2, 0) is 4.79 Å². The number of aliphatic hydroxyl groups is 2. The van der Waals surface area contributed by atoms with Crippen molar-refractivity contribution in [3.05, 3.63) is 12.2 Å². The van der Waals surface area contributed by atoms with Gasteiger partial charge < -0.3 is 10.2 Å². The largest absolute Gasteiger partial charge is 0.393 e. The number of rotatable bonds is 4. The van der Waals surface area contributed by atoms with E-state index in [1.54, 1.807) is 0 Å². The Morgan fingerprint density at radius 3 is 2.35 bits per heavy atom. The van der Waals surface area contributed by atoms with Crippen molar-refractivity contribution in [2.75, 3.05) is 0 Å². The van der Waals surface area contributed by atoms with Gasteiger partial charge in [0, 0.05) is 18.3 Å². The number of hydrogen-bond acceptors (Lipinski definition) is 3. The minimum absolute atomic E-state index is 0.0152. The maximum absolute atomic E-state index is 13.3. The van der Waals surface area contributed by atoms with E-state index in [1.807, 2.05) is 0 Å². The highest BCUT2D eigenvalue weighted by Gasteiger charge is 2.67. The second-order valence-corrected chi connectivity index (χ2v) is 12.8. The standard InChI is InChI=1S/C28H46O3/c1-17(2)18(3)7-8-19(4)22-9-10-23-21-15-25(30)28(31)16-20(29)11-14-27(28,6)24(21)12-13-26(22,23)5/h7-8,17-24,29,31H,9-16H2,1-6H3/t18-,19-,20+,21+,22-,23+,24+,26-,27-,28+/m1/s1. The van der Waals surface area contributed by atoms with Gasteiger partial charge in [0.15, 0.2) is 5.78 Å². The van der Waals surface area contributed by atoms with Gasteiger partial charge >= 0.3 is 0 Å². The first-order valence-corrected chi connectivity index (χ1v) is 13.1. The van der Waals surface area contributed by atoms with Gasteiger partial charge in [-0.25, -0.2) is 0 Å². The topological polar surface area (TPSA) is 57.5 Å². The Morgan fingerprint density at radius 1 is 0.968 bits per heavy atom. The molecule has 176 valence electrons. The zero-order valence-corrected chi connectivity index (χ0v) is 20.7. The normalized spacial score (nSPS) is 49.6. The van der Waals surface area contributed by atoms with Crippen LogP contribution < -0.4 is 0 Å². The molecule has 0 unspecified atom stereocenters. The third kappa shape index (κ3) is 3.48. The summed E-state index contributed by atoms with van der Waals surface area (Å²) in [7, 11) is 0. The van der Waals surface area contributed by atoms with Gasteiger partial charge in [-0.3, -0.25) is 4.79 Å². The fraction of sp³-hybridized carbons (Fsp3) is 0.893. The van der Waals surface area contributed by atoms with Crippen LogP contribution in [0.4, 0.5) is 0 Å². The van der Waals surface area contributed by atoms with Gasteiger partial charge in [0.1, 0.15) is 5.60 Å². The van der Waals surface area contributed by atoms with Gasteiger partial charge in [-0.05, 0) is 85.4 Å². The lowest BCUT2D eigenvalue weighted by Gasteiger charge is -2.63. The predicted octanol–water partition coefficient (Wildman–Crippen LogP) is 5.78. The zero-order valence-electron chi connectivity index (χ0n) is 20.7. The molecule has 0 aliphatic heterocycles. The fourth-order valence-corrected chi connectivity index (χ4v) is 8.63. The molecule has 10 atom stereocenters. The number of hydrogen-bond donors (Lipinski definition) is 2. The van der Waals surface area contributed by atoms with Crippen LogP contribution in [0.1, 0.15) is 92.9 Å². The maximum atomic E-state index is 13.3. The molecule has 3 nitrogen and oxygen atoms in total. The van der Waals surface area contributed by atoms with Crippen LogP contribution in [0.2, 0.25) is 0 Å². The summed E-state index contributed by atoms with van der Waals surface area (Å²) in [6.07, 6.45) is 11.4. The summed E-state index contributed by atoms with van der Waals surface area (Å²) in [6, 6.07) is 0. The van der Waals surface area contributed by atoms with Gasteiger partial charge in [0.25, 0.3) is 0 Å². The highest BCUT2D eigenvalue weighted by Crippen LogP contribution is 2.68. The van der Waals surface area contributed by atoms with Crippen LogP contribution in [0.3, 0.4) is 0 Å². The summed E-state index contributed by atoms with van der Waals surface area (Å²) in [5, 5.41) is 21.8. The molecule has 0 spiro atoms. The average molecular weight is 431 g/mol. The summed E-state index contributed by atoms with van der Waals surface area (Å²) in [4.78, 5) is 13.3. The van der Waals surface area contributed by atoms with E-state index in [0.717, 1.165) is 19.3 Å². The van der Waals surface area contributed by atoms with Crippen molar-refractivity contribution in [1.29, 1.82) is 0 Å². The molecule has 0 saturated heterocycles. The first-order chi connectivity index (χ1) is 14.4. The molecular weight excluding hydrogens is 384 g/mol. The molecule has 0 radical (unpaired) electrons. The lowest BCUT2D eigenvalue weighted by Crippen LogP contribution is -2.67. The van der Waals surface area contributed by atoms with Crippen molar-refractivity contribution in [2.24, 2.45) is 52.3 Å². The number of carbonyl (C=O) groups is 1. The number of allylic oxidation sites excluding steroid dienone is 2. The molecule has 0 aromatic rings. The molecule has 0 aromatic carbocycles. The van der Waals surface area contributed by atoms with Crippen molar-refractivity contribution in [1.82, 2.24) is 0 Å². The number of aliphatic hydroxyl groups excluding tert-OH is 1. The molecule has 31 heavy (non-hydrogen) atoms. The van der Waals surface area contributed by atoms with Crippen LogP contribution in [0.15, 0.2) is 12.2 Å². The maximum Gasteiger partial charge on any atom is 0.165 e. The fourth-order valence-electron chi connectivity index (χ4n) is 8.63. The number of ketones is 1. The molecule has 0 heterocycles. The SMILES string of the molecule is CC(C)[C@H](C)C=C[C@@H](C)[C@H]1CC[C@H]2[C@@H]3CC(=O)[C@@]4(O)C[C@@H](O)CC[C@]4(C)[C@H]3CC[C@]12C. The Hall–Kier alpha value is -0.670. The van der Waals surface area contributed by atoms with Gasteiger partial charge in [-0.15, -0.1) is 0 Å². The molecule has 2 N–H and O–H groups in total. The van der Waals surface area contributed by atoms with E-state index in [2.05, 4.69) is 53.7 Å². The van der Waals surface area contributed by atoms with Crippen molar-refractivity contribution in [3.63, 3.8) is 0 Å². The number of carbonyl (C=O) groups excluding carboxylic acids is 1. The first kappa shape index (κ1) is 23.5. The summed E-state index contributed by atoms with van der Waals surface area (Å²) < 4.78 is 0. The molecule has 0 bridgehead atoms. The molecule has 4 rings (SSSR count). The van der Waals surface area contributed by atoms with Crippen LogP contribution >= 0.6 is 0 Å². The zero-order chi connectivity index (χ0) is 22.8. The lowest BCUT2D eigenvalue weighted by atomic mass is 9.42. The van der Waals surface area contributed by atoms with Gasteiger partial charge in [-0.1, -0.05) is 53.7 Å². The van der Waals surface area contributed by atoms with Crippen LogP contribution in [0.25, 0.3) is 0 Å². The van der Waals surface area contributed by atoms with Crippen molar-refractivity contribution < 1.29 is 15.0 Å². The van der Waals surface area contributed by atoms with E-state index >= 15 is 0 Å². The second-order valence-electron chi connectivity index (χ2n) is 12.8. The molecule has 0 amide bonds. The van der Waals surface area contributed by atoms with Gasteiger partial charge in [0.2, 0.25) is 0 Å². The highest BCUT2D eigenvalue weighted by atomic mass is 16.3. The summed E-state index contributed by atoms with van der Waals surface area (Å²) in [6.45, 7) is 14.0. The van der Waals surface area contributed by atoms with E-state index in [4.69, 9.17) is 0 Å². The molecule has 0 aromatic heterocycles. The summed E-state index contributed by atoms with van der Waals surface area (Å²) >= 11 is 0. The summed E-state index contributed by atoms with van der Waals surface area (Å²) in [5.41, 5.74) is -1.39. The Morgan fingerprint density at radius 2 is 1.68 bits per heavy atom. The Kier molecular flexibility index (Phi) is 6.04. The second kappa shape index (κ2) is 7.97. The molecule has 3 heteroatoms. The van der Waals surface area contributed by atoms with E-state index in [1.165, 1.54) is 19.3 Å². The molecule has 4 saturated carbocycles. The minimum Gasteiger partial charge on any atom is -0.393 e. The smallest absolute Gasteiger partial charge is 0.165 e. The van der Waals surface area contributed by atoms with E-state index in [-0.39, 0.29) is 17.6 Å². The minimum atomic E-state index is -1.32. The van der Waals surface area contributed by atoms with Crippen molar-refractivity contribution >= 4 is 5.78 Å². The van der Waals surface area contributed by atoms with E-state index in [9.17, 15) is 15.0 Å². The Balaban J connectivity index is 1.57. The van der Waals surface area contributed by atoms with Crippen LogP contribution in [-0.4, -0.2) is 27.7 Å². The average Bonchev–Trinajstić information content (AvgIpc) is 3.05.